The summed E-state index contributed by atoms with van der Waals surface area (Å²) in [5, 5.41) is 3.14. The Bertz CT molecular complexity index is 373. The Morgan fingerprint density at radius 1 is 1.50 bits per heavy atom. The molecule has 0 spiro atoms. The Labute approximate surface area is 81.5 Å². The van der Waals surface area contributed by atoms with Gasteiger partial charge in [0.25, 0.3) is 5.91 Å². The van der Waals surface area contributed by atoms with Crippen LogP contribution in [0.3, 0.4) is 0 Å². The first kappa shape index (κ1) is 8.80. The summed E-state index contributed by atoms with van der Waals surface area (Å²) in [6.45, 7) is 0. The molecule has 5 N–H and O–H groups in total. The van der Waals surface area contributed by atoms with Crippen molar-refractivity contribution in [3.8, 4) is 0 Å². The van der Waals surface area contributed by atoms with Crippen molar-refractivity contribution >= 4 is 17.4 Å². The predicted octanol–water partition coefficient (Wildman–Crippen LogP) is 0.337. The summed E-state index contributed by atoms with van der Waals surface area (Å²) in [5.41, 5.74) is 11.6. The van der Waals surface area contributed by atoms with Gasteiger partial charge in [0.1, 0.15) is 11.5 Å². The number of carbonyl (C=O) groups excluding carboxylic acids is 1. The van der Waals surface area contributed by atoms with Crippen LogP contribution in [0.5, 0.6) is 0 Å². The van der Waals surface area contributed by atoms with Gasteiger partial charge in [0.05, 0.1) is 5.69 Å². The van der Waals surface area contributed by atoms with E-state index in [1.165, 1.54) is 6.07 Å². The molecule has 0 aromatic carbocycles. The number of nitrogens with two attached hydrogens (primary N) is 2. The van der Waals surface area contributed by atoms with Gasteiger partial charge in [-0.15, -0.1) is 0 Å². The minimum atomic E-state index is -0.538. The smallest absolute Gasteiger partial charge is 0.267 e. The van der Waals surface area contributed by atoms with Crippen LogP contribution in [-0.2, 0) is 0 Å². The molecule has 1 aliphatic carbocycles. The third kappa shape index (κ3) is 1.76. The van der Waals surface area contributed by atoms with Crippen LogP contribution < -0.4 is 16.8 Å². The first-order valence-corrected chi connectivity index (χ1v) is 4.49. The van der Waals surface area contributed by atoms with Crippen LogP contribution in [0.1, 0.15) is 23.3 Å². The second-order valence-electron chi connectivity index (χ2n) is 3.42. The molecule has 0 unspecified atom stereocenters. The Balaban J connectivity index is 2.26. The Hall–Kier alpha value is -1.78. The van der Waals surface area contributed by atoms with Crippen molar-refractivity contribution in [2.75, 3.05) is 11.1 Å². The van der Waals surface area contributed by atoms with E-state index < -0.39 is 5.91 Å². The number of hydrogen-bond donors (Lipinski definition) is 3. The lowest BCUT2D eigenvalue weighted by atomic mass is 10.3. The molecule has 14 heavy (non-hydrogen) atoms. The first-order chi connectivity index (χ1) is 6.66. The Morgan fingerprint density at radius 3 is 2.79 bits per heavy atom. The topological polar surface area (TPSA) is 94.0 Å². The molecular weight excluding hydrogens is 180 g/mol. The molecule has 5 heteroatoms. The SMILES string of the molecule is NC(=O)c1ccc(N)c(NC2CC2)n1. The number of amides is 1. The molecule has 1 fully saturated rings. The monoisotopic (exact) mass is 192 g/mol. The molecule has 1 aromatic heterocycles. The fraction of sp³-hybridized carbons (Fsp3) is 0.333. The van der Waals surface area contributed by atoms with Crippen molar-refractivity contribution in [3.63, 3.8) is 0 Å². The second-order valence-corrected chi connectivity index (χ2v) is 3.42. The minimum Gasteiger partial charge on any atom is -0.396 e. The van der Waals surface area contributed by atoms with Crippen molar-refractivity contribution in [2.24, 2.45) is 5.73 Å². The number of pyridine rings is 1. The number of nitrogens with zero attached hydrogens (tertiary/aromatic N) is 1. The fourth-order valence-corrected chi connectivity index (χ4v) is 1.14. The number of hydrogen-bond acceptors (Lipinski definition) is 4. The molecule has 0 atom stereocenters. The van der Waals surface area contributed by atoms with Crippen LogP contribution in [0.2, 0.25) is 0 Å². The van der Waals surface area contributed by atoms with Crippen LogP contribution in [0.15, 0.2) is 12.1 Å². The predicted molar refractivity (Wildman–Crippen MR) is 53.8 cm³/mol. The Morgan fingerprint density at radius 2 is 2.21 bits per heavy atom. The summed E-state index contributed by atoms with van der Waals surface area (Å²) in [7, 11) is 0. The number of rotatable bonds is 3. The molecule has 1 heterocycles. The van der Waals surface area contributed by atoms with Gasteiger partial charge in [-0.05, 0) is 25.0 Å². The summed E-state index contributed by atoms with van der Waals surface area (Å²) < 4.78 is 0. The average molecular weight is 192 g/mol. The largest absolute Gasteiger partial charge is 0.396 e. The minimum absolute atomic E-state index is 0.238. The van der Waals surface area contributed by atoms with Crippen LogP contribution >= 0.6 is 0 Å². The normalized spacial score (nSPS) is 15.1. The summed E-state index contributed by atoms with van der Waals surface area (Å²) in [5.74, 6) is 0.0210. The van der Waals surface area contributed by atoms with E-state index in [-0.39, 0.29) is 5.69 Å². The molecule has 5 nitrogen and oxygen atoms in total. The maximum Gasteiger partial charge on any atom is 0.267 e. The van der Waals surface area contributed by atoms with Crippen LogP contribution in [0, 0.1) is 0 Å². The van der Waals surface area contributed by atoms with E-state index in [9.17, 15) is 4.79 Å². The highest BCUT2D eigenvalue weighted by molar-refractivity contribution is 5.91. The van der Waals surface area contributed by atoms with E-state index in [1.54, 1.807) is 6.07 Å². The average Bonchev–Trinajstić information content (AvgIpc) is 2.92. The maximum absolute atomic E-state index is 10.9. The first-order valence-electron chi connectivity index (χ1n) is 4.49. The molecule has 1 amide bonds. The molecule has 2 rings (SSSR count). The molecule has 1 aromatic rings. The molecule has 74 valence electrons. The zero-order valence-corrected chi connectivity index (χ0v) is 7.66. The van der Waals surface area contributed by atoms with Gasteiger partial charge in [0.15, 0.2) is 0 Å². The third-order valence-corrected chi connectivity index (χ3v) is 2.10. The standard InChI is InChI=1S/C9H12N4O/c10-6-3-4-7(8(11)14)13-9(6)12-5-1-2-5/h3-5H,1-2,10H2,(H2,11,14)(H,12,13). The lowest BCUT2D eigenvalue weighted by molar-refractivity contribution is 0.0996. The van der Waals surface area contributed by atoms with Gasteiger partial charge >= 0.3 is 0 Å². The molecule has 0 bridgehead atoms. The second kappa shape index (κ2) is 3.17. The lowest BCUT2D eigenvalue weighted by Gasteiger charge is -2.07. The number of primary amides is 1. The van der Waals surface area contributed by atoms with Crippen LogP contribution in [-0.4, -0.2) is 16.9 Å². The van der Waals surface area contributed by atoms with Crippen molar-refractivity contribution in [1.29, 1.82) is 0 Å². The number of nitrogens with one attached hydrogen (secondary N) is 1. The molecule has 1 saturated carbocycles. The van der Waals surface area contributed by atoms with E-state index in [4.69, 9.17) is 11.5 Å². The quantitative estimate of drug-likeness (QED) is 0.643. The fourth-order valence-electron chi connectivity index (χ4n) is 1.14. The summed E-state index contributed by atoms with van der Waals surface area (Å²) in [6, 6.07) is 3.61. The van der Waals surface area contributed by atoms with Gasteiger partial charge < -0.3 is 16.8 Å². The van der Waals surface area contributed by atoms with Gasteiger partial charge in [0.2, 0.25) is 0 Å². The zero-order valence-electron chi connectivity index (χ0n) is 7.66. The summed E-state index contributed by atoms with van der Waals surface area (Å²) >= 11 is 0. The van der Waals surface area contributed by atoms with Crippen molar-refractivity contribution < 1.29 is 4.79 Å². The Kier molecular flexibility index (Phi) is 1.99. The molecule has 0 radical (unpaired) electrons. The number of carbonyl (C=O) groups is 1. The lowest BCUT2D eigenvalue weighted by Crippen LogP contribution is -2.15. The number of aromatic nitrogens is 1. The number of nitrogen functional groups attached to an aromatic ring is 1. The van der Waals surface area contributed by atoms with Crippen molar-refractivity contribution in [3.05, 3.63) is 17.8 Å². The highest BCUT2D eigenvalue weighted by Gasteiger charge is 2.22. The van der Waals surface area contributed by atoms with Gasteiger partial charge in [-0.2, -0.15) is 0 Å². The van der Waals surface area contributed by atoms with E-state index in [2.05, 4.69) is 10.3 Å². The van der Waals surface area contributed by atoms with E-state index in [0.717, 1.165) is 12.8 Å². The maximum atomic E-state index is 10.9. The molecule has 1 aliphatic rings. The van der Waals surface area contributed by atoms with Crippen molar-refractivity contribution in [1.82, 2.24) is 4.98 Å². The highest BCUT2D eigenvalue weighted by atomic mass is 16.1. The van der Waals surface area contributed by atoms with Gasteiger partial charge in [-0.25, -0.2) is 4.98 Å². The summed E-state index contributed by atoms with van der Waals surface area (Å²) in [6.07, 6.45) is 2.25. The van der Waals surface area contributed by atoms with E-state index in [1.807, 2.05) is 0 Å². The van der Waals surface area contributed by atoms with Crippen LogP contribution in [0.25, 0.3) is 0 Å². The highest BCUT2D eigenvalue weighted by Crippen LogP contribution is 2.26. The molecule has 0 saturated heterocycles. The summed E-state index contributed by atoms with van der Waals surface area (Å²) in [4.78, 5) is 14.9. The van der Waals surface area contributed by atoms with Gasteiger partial charge in [0, 0.05) is 6.04 Å². The van der Waals surface area contributed by atoms with Crippen LogP contribution in [0.4, 0.5) is 11.5 Å². The van der Waals surface area contributed by atoms with E-state index >= 15 is 0 Å². The molecular formula is C9H12N4O. The third-order valence-electron chi connectivity index (χ3n) is 2.10. The van der Waals surface area contributed by atoms with Gasteiger partial charge in [-0.1, -0.05) is 0 Å². The van der Waals surface area contributed by atoms with E-state index in [0.29, 0.717) is 17.5 Å². The zero-order chi connectivity index (χ0) is 10.1. The van der Waals surface area contributed by atoms with Gasteiger partial charge in [-0.3, -0.25) is 4.79 Å². The number of anilines is 2. The van der Waals surface area contributed by atoms with Crippen molar-refractivity contribution in [2.45, 2.75) is 18.9 Å². The molecule has 0 aliphatic heterocycles.